The van der Waals surface area contributed by atoms with Crippen LogP contribution in [0.3, 0.4) is 0 Å². The van der Waals surface area contributed by atoms with Crippen LogP contribution in [0, 0.1) is 11.8 Å². The number of carbonyl (C=O) groups is 1. The molecule has 0 aromatic carbocycles. The van der Waals surface area contributed by atoms with Gasteiger partial charge in [-0.3, -0.25) is 4.79 Å². The van der Waals surface area contributed by atoms with Gasteiger partial charge in [-0.15, -0.1) is 0 Å². The summed E-state index contributed by atoms with van der Waals surface area (Å²) >= 11 is 0. The molecule has 0 radical (unpaired) electrons. The fraction of sp³-hybridized carbons (Fsp3) is 0.875. The summed E-state index contributed by atoms with van der Waals surface area (Å²) in [5.41, 5.74) is 5.81. The smallest absolute Gasteiger partial charge is 0.303 e. The highest BCUT2D eigenvalue weighted by atomic mass is 16.4. The quantitative estimate of drug-likeness (QED) is 0.635. The summed E-state index contributed by atoms with van der Waals surface area (Å²) in [4.78, 5) is 10.3. The molecule has 0 aromatic rings. The second kappa shape index (κ2) is 3.22. The first-order chi connectivity index (χ1) is 5.11. The van der Waals surface area contributed by atoms with Crippen LogP contribution in [0.15, 0.2) is 0 Å². The lowest BCUT2D eigenvalue weighted by molar-refractivity contribution is -0.138. The monoisotopic (exact) mass is 157 g/mol. The van der Waals surface area contributed by atoms with Crippen LogP contribution in [0.2, 0.25) is 0 Å². The van der Waals surface area contributed by atoms with E-state index in [0.717, 1.165) is 0 Å². The van der Waals surface area contributed by atoms with Gasteiger partial charge < -0.3 is 10.8 Å². The van der Waals surface area contributed by atoms with Crippen molar-refractivity contribution in [3.8, 4) is 0 Å². The van der Waals surface area contributed by atoms with Gasteiger partial charge in [0.25, 0.3) is 0 Å². The highest BCUT2D eigenvalue weighted by Gasteiger charge is 2.32. The number of carboxylic acids is 1. The van der Waals surface area contributed by atoms with Crippen molar-refractivity contribution in [2.24, 2.45) is 17.6 Å². The Balaban J connectivity index is 2.26. The lowest BCUT2D eigenvalue weighted by Crippen LogP contribution is -2.31. The molecular formula is C8H15NO2. The van der Waals surface area contributed by atoms with E-state index in [4.69, 9.17) is 10.8 Å². The number of carboxylic acid groups (broad SMARTS) is 1. The van der Waals surface area contributed by atoms with Crippen LogP contribution in [0.4, 0.5) is 0 Å². The Labute approximate surface area is 66.6 Å². The van der Waals surface area contributed by atoms with Gasteiger partial charge in [0, 0.05) is 12.5 Å². The minimum atomic E-state index is -0.742. The van der Waals surface area contributed by atoms with Crippen molar-refractivity contribution < 1.29 is 9.90 Å². The zero-order valence-electron chi connectivity index (χ0n) is 6.79. The first-order valence-electron chi connectivity index (χ1n) is 4.08. The topological polar surface area (TPSA) is 63.3 Å². The van der Waals surface area contributed by atoms with Gasteiger partial charge in [0.1, 0.15) is 0 Å². The van der Waals surface area contributed by atoms with E-state index < -0.39 is 5.97 Å². The standard InChI is InChI=1S/C8H15NO2/c1-5(4-7(10)11)8(9)6-2-3-6/h5-6,8H,2-4,9H2,1H3,(H,10,11). The van der Waals surface area contributed by atoms with Gasteiger partial charge >= 0.3 is 5.97 Å². The molecule has 1 aliphatic carbocycles. The molecule has 11 heavy (non-hydrogen) atoms. The molecule has 0 amide bonds. The van der Waals surface area contributed by atoms with Crippen LogP contribution in [-0.2, 0) is 4.79 Å². The van der Waals surface area contributed by atoms with Gasteiger partial charge in [-0.1, -0.05) is 6.92 Å². The predicted octanol–water partition coefficient (Wildman–Crippen LogP) is 0.834. The first kappa shape index (κ1) is 8.53. The fourth-order valence-electron chi connectivity index (χ4n) is 1.36. The molecule has 3 N–H and O–H groups in total. The maximum atomic E-state index is 10.3. The van der Waals surface area contributed by atoms with Crippen LogP contribution in [0.1, 0.15) is 26.2 Å². The zero-order valence-corrected chi connectivity index (χ0v) is 6.79. The summed E-state index contributed by atoms with van der Waals surface area (Å²) in [6.45, 7) is 1.91. The normalized spacial score (nSPS) is 22.7. The maximum absolute atomic E-state index is 10.3. The van der Waals surface area contributed by atoms with Crippen molar-refractivity contribution >= 4 is 5.97 Å². The van der Waals surface area contributed by atoms with Crippen molar-refractivity contribution in [2.75, 3.05) is 0 Å². The molecule has 2 atom stereocenters. The third-order valence-corrected chi connectivity index (χ3v) is 2.32. The van der Waals surface area contributed by atoms with E-state index in [-0.39, 0.29) is 18.4 Å². The molecule has 0 heterocycles. The summed E-state index contributed by atoms with van der Waals surface area (Å²) in [6, 6.07) is 0.103. The van der Waals surface area contributed by atoms with E-state index >= 15 is 0 Å². The highest BCUT2D eigenvalue weighted by Crippen LogP contribution is 2.35. The molecule has 3 nitrogen and oxygen atoms in total. The van der Waals surface area contributed by atoms with E-state index in [1.807, 2.05) is 6.92 Å². The molecule has 0 aliphatic heterocycles. The van der Waals surface area contributed by atoms with E-state index in [9.17, 15) is 4.79 Å². The molecule has 1 rings (SSSR count). The van der Waals surface area contributed by atoms with Crippen molar-refractivity contribution in [1.82, 2.24) is 0 Å². The average Bonchev–Trinajstić information content (AvgIpc) is 2.65. The molecule has 0 aromatic heterocycles. The van der Waals surface area contributed by atoms with Gasteiger partial charge in [0.15, 0.2) is 0 Å². The Hall–Kier alpha value is -0.570. The predicted molar refractivity (Wildman–Crippen MR) is 42.1 cm³/mol. The minimum Gasteiger partial charge on any atom is -0.481 e. The summed E-state index contributed by atoms with van der Waals surface area (Å²) in [5, 5.41) is 8.48. The average molecular weight is 157 g/mol. The van der Waals surface area contributed by atoms with Gasteiger partial charge in [0.2, 0.25) is 0 Å². The molecule has 2 unspecified atom stereocenters. The van der Waals surface area contributed by atoms with Crippen molar-refractivity contribution in [3.63, 3.8) is 0 Å². The lowest BCUT2D eigenvalue weighted by Gasteiger charge is -2.16. The summed E-state index contributed by atoms with van der Waals surface area (Å²) in [6.07, 6.45) is 2.58. The minimum absolute atomic E-state index is 0.103. The summed E-state index contributed by atoms with van der Waals surface area (Å²) in [7, 11) is 0. The largest absolute Gasteiger partial charge is 0.481 e. The van der Waals surface area contributed by atoms with Crippen molar-refractivity contribution in [3.05, 3.63) is 0 Å². The van der Waals surface area contributed by atoms with Crippen LogP contribution in [0.5, 0.6) is 0 Å². The summed E-state index contributed by atoms with van der Waals surface area (Å²) in [5.74, 6) is -0.0158. The maximum Gasteiger partial charge on any atom is 0.303 e. The molecule has 0 spiro atoms. The first-order valence-corrected chi connectivity index (χ1v) is 4.08. The Morgan fingerprint density at radius 3 is 2.64 bits per heavy atom. The molecule has 0 bridgehead atoms. The molecule has 1 aliphatic rings. The van der Waals surface area contributed by atoms with E-state index in [2.05, 4.69) is 0 Å². The van der Waals surface area contributed by atoms with Gasteiger partial charge in [-0.2, -0.15) is 0 Å². The van der Waals surface area contributed by atoms with Crippen molar-refractivity contribution in [2.45, 2.75) is 32.2 Å². The Morgan fingerprint density at radius 1 is 1.73 bits per heavy atom. The third-order valence-electron chi connectivity index (χ3n) is 2.32. The van der Waals surface area contributed by atoms with Gasteiger partial charge in [0.05, 0.1) is 0 Å². The second-order valence-electron chi connectivity index (χ2n) is 3.49. The number of hydrogen-bond donors (Lipinski definition) is 2. The van der Waals surface area contributed by atoms with Crippen LogP contribution < -0.4 is 5.73 Å². The lowest BCUT2D eigenvalue weighted by atomic mass is 9.95. The number of hydrogen-bond acceptors (Lipinski definition) is 2. The second-order valence-corrected chi connectivity index (χ2v) is 3.49. The molecule has 0 saturated heterocycles. The van der Waals surface area contributed by atoms with Gasteiger partial charge in [-0.05, 0) is 24.7 Å². The zero-order chi connectivity index (χ0) is 8.43. The number of nitrogens with two attached hydrogens (primary N) is 1. The number of aliphatic carboxylic acids is 1. The Kier molecular flexibility index (Phi) is 2.49. The van der Waals surface area contributed by atoms with Crippen LogP contribution in [0.25, 0.3) is 0 Å². The van der Waals surface area contributed by atoms with Crippen LogP contribution >= 0.6 is 0 Å². The number of rotatable bonds is 4. The molecular weight excluding hydrogens is 142 g/mol. The van der Waals surface area contributed by atoms with E-state index in [1.54, 1.807) is 0 Å². The van der Waals surface area contributed by atoms with E-state index in [0.29, 0.717) is 5.92 Å². The molecule has 64 valence electrons. The molecule has 1 fully saturated rings. The van der Waals surface area contributed by atoms with E-state index in [1.165, 1.54) is 12.8 Å². The SMILES string of the molecule is CC(CC(=O)O)C(N)C1CC1. The van der Waals surface area contributed by atoms with Gasteiger partial charge in [-0.25, -0.2) is 0 Å². The molecule has 3 heteroatoms. The fourth-order valence-corrected chi connectivity index (χ4v) is 1.36. The molecule has 1 saturated carbocycles. The highest BCUT2D eigenvalue weighted by molar-refractivity contribution is 5.67. The van der Waals surface area contributed by atoms with Crippen molar-refractivity contribution in [1.29, 1.82) is 0 Å². The Bertz CT molecular complexity index is 154. The third kappa shape index (κ3) is 2.50. The Morgan fingerprint density at radius 2 is 2.27 bits per heavy atom. The van der Waals surface area contributed by atoms with Crippen LogP contribution in [-0.4, -0.2) is 17.1 Å². The summed E-state index contributed by atoms with van der Waals surface area (Å²) < 4.78 is 0.